The number of carbonyl (C=O) groups excluding carboxylic acids is 1. The minimum absolute atomic E-state index is 0.176. The zero-order valence-corrected chi connectivity index (χ0v) is 14.5. The van der Waals surface area contributed by atoms with Crippen molar-refractivity contribution in [1.82, 2.24) is 4.90 Å². The van der Waals surface area contributed by atoms with E-state index in [1.807, 2.05) is 18.2 Å². The molecule has 0 fully saturated rings. The zero-order chi connectivity index (χ0) is 17.2. The number of hydrogen-bond donors (Lipinski definition) is 1. The van der Waals surface area contributed by atoms with E-state index in [9.17, 15) is 4.79 Å². The van der Waals surface area contributed by atoms with Gasteiger partial charge in [0.25, 0.3) is 0 Å². The lowest BCUT2D eigenvalue weighted by molar-refractivity contribution is -0.144. The van der Waals surface area contributed by atoms with E-state index in [0.717, 1.165) is 17.7 Å². The molecule has 1 aliphatic heterocycles. The van der Waals surface area contributed by atoms with E-state index in [2.05, 4.69) is 44.2 Å². The predicted molar refractivity (Wildman–Crippen MR) is 90.0 cm³/mol. The lowest BCUT2D eigenvalue weighted by Crippen LogP contribution is -2.45. The average Bonchev–Trinajstić information content (AvgIpc) is 2.51. The molecule has 2 rings (SSSR count). The molecule has 2 unspecified atom stereocenters. The molecule has 1 N–H and O–H groups in total. The van der Waals surface area contributed by atoms with E-state index in [0.29, 0.717) is 12.2 Å². The first kappa shape index (κ1) is 17.3. The molecule has 2 atom stereocenters. The molecule has 1 aliphatic rings. The van der Waals surface area contributed by atoms with Crippen molar-refractivity contribution in [2.45, 2.75) is 39.3 Å². The minimum Gasteiger partial charge on any atom is -0.465 e. The van der Waals surface area contributed by atoms with Crippen LogP contribution >= 0.6 is 0 Å². The monoisotopic (exact) mass is 315 g/mol. The highest BCUT2D eigenvalue weighted by atomic mass is 16.5. The minimum atomic E-state index is -0.253. The van der Waals surface area contributed by atoms with Crippen LogP contribution in [-0.4, -0.2) is 37.6 Å². The fourth-order valence-electron chi connectivity index (χ4n) is 3.03. The third-order valence-electron chi connectivity index (χ3n) is 4.54. The summed E-state index contributed by atoms with van der Waals surface area (Å²) in [5, 5.41) is 12.7. The molecule has 5 heteroatoms. The van der Waals surface area contributed by atoms with E-state index < -0.39 is 0 Å². The second kappa shape index (κ2) is 6.59. The second-order valence-electron chi connectivity index (χ2n) is 7.09. The van der Waals surface area contributed by atoms with Gasteiger partial charge in [0.1, 0.15) is 0 Å². The highest BCUT2D eigenvalue weighted by Gasteiger charge is 2.37. The maximum absolute atomic E-state index is 11.1. The SMILES string of the molecule is CC(=O)OCC(C)(C)C1CC(N(C)C)c2cc(C#N)ccc2N1. The molecule has 124 valence electrons. The summed E-state index contributed by atoms with van der Waals surface area (Å²) in [5.41, 5.74) is 2.68. The summed E-state index contributed by atoms with van der Waals surface area (Å²) in [6, 6.07) is 8.37. The Morgan fingerprint density at radius 1 is 1.48 bits per heavy atom. The van der Waals surface area contributed by atoms with Gasteiger partial charge in [-0.1, -0.05) is 13.8 Å². The van der Waals surface area contributed by atoms with Gasteiger partial charge in [-0.2, -0.15) is 5.26 Å². The summed E-state index contributed by atoms with van der Waals surface area (Å²) in [6.45, 7) is 6.03. The highest BCUT2D eigenvalue weighted by Crippen LogP contribution is 2.41. The number of benzene rings is 1. The number of nitriles is 1. The van der Waals surface area contributed by atoms with Crippen molar-refractivity contribution in [3.05, 3.63) is 29.3 Å². The van der Waals surface area contributed by atoms with Crippen LogP contribution in [0.4, 0.5) is 5.69 Å². The van der Waals surface area contributed by atoms with Crippen molar-refractivity contribution >= 4 is 11.7 Å². The maximum atomic E-state index is 11.1. The summed E-state index contributed by atoms with van der Waals surface area (Å²) >= 11 is 0. The molecule has 0 amide bonds. The van der Waals surface area contributed by atoms with Crippen molar-refractivity contribution < 1.29 is 9.53 Å². The van der Waals surface area contributed by atoms with Crippen LogP contribution in [0, 0.1) is 16.7 Å². The number of ether oxygens (including phenoxy) is 1. The van der Waals surface area contributed by atoms with Crippen LogP contribution in [0.5, 0.6) is 0 Å². The van der Waals surface area contributed by atoms with Gasteiger partial charge in [0.15, 0.2) is 0 Å². The summed E-state index contributed by atoms with van der Waals surface area (Å²) in [4.78, 5) is 13.3. The average molecular weight is 315 g/mol. The smallest absolute Gasteiger partial charge is 0.302 e. The molecular weight excluding hydrogens is 290 g/mol. The largest absolute Gasteiger partial charge is 0.465 e. The van der Waals surface area contributed by atoms with Gasteiger partial charge in [0.2, 0.25) is 0 Å². The number of hydrogen-bond acceptors (Lipinski definition) is 5. The van der Waals surface area contributed by atoms with Gasteiger partial charge in [-0.15, -0.1) is 0 Å². The van der Waals surface area contributed by atoms with E-state index in [-0.39, 0.29) is 23.5 Å². The standard InChI is InChI=1S/C18H25N3O2/c1-12(22)23-11-18(2,3)17-9-16(21(4)5)14-8-13(10-19)6-7-15(14)20-17/h6-8,16-17,20H,9,11H2,1-5H3. The summed E-state index contributed by atoms with van der Waals surface area (Å²) in [7, 11) is 4.10. The predicted octanol–water partition coefficient (Wildman–Crippen LogP) is 2.93. The van der Waals surface area contributed by atoms with Crippen LogP contribution in [0.2, 0.25) is 0 Å². The van der Waals surface area contributed by atoms with Crippen LogP contribution < -0.4 is 5.32 Å². The van der Waals surface area contributed by atoms with Crippen LogP contribution in [0.25, 0.3) is 0 Å². The highest BCUT2D eigenvalue weighted by molar-refractivity contribution is 5.66. The Morgan fingerprint density at radius 3 is 2.74 bits per heavy atom. The van der Waals surface area contributed by atoms with E-state index in [1.54, 1.807) is 0 Å². The van der Waals surface area contributed by atoms with Gasteiger partial charge in [0.05, 0.1) is 18.2 Å². The second-order valence-corrected chi connectivity index (χ2v) is 7.09. The molecule has 0 radical (unpaired) electrons. The first-order valence-corrected chi connectivity index (χ1v) is 7.85. The zero-order valence-electron chi connectivity index (χ0n) is 14.5. The van der Waals surface area contributed by atoms with E-state index in [1.165, 1.54) is 6.92 Å². The van der Waals surface area contributed by atoms with Crippen molar-refractivity contribution in [2.24, 2.45) is 5.41 Å². The van der Waals surface area contributed by atoms with Gasteiger partial charge >= 0.3 is 5.97 Å². The van der Waals surface area contributed by atoms with Crippen molar-refractivity contribution in [2.75, 3.05) is 26.0 Å². The van der Waals surface area contributed by atoms with E-state index in [4.69, 9.17) is 10.00 Å². The van der Waals surface area contributed by atoms with E-state index >= 15 is 0 Å². The van der Waals surface area contributed by atoms with Gasteiger partial charge in [-0.05, 0) is 44.3 Å². The molecule has 5 nitrogen and oxygen atoms in total. The quantitative estimate of drug-likeness (QED) is 0.865. The molecule has 1 aromatic carbocycles. The van der Waals surface area contributed by atoms with Gasteiger partial charge in [-0.25, -0.2) is 0 Å². The fraction of sp³-hybridized carbons (Fsp3) is 0.556. The Balaban J connectivity index is 2.30. The summed E-state index contributed by atoms with van der Waals surface area (Å²) < 4.78 is 5.24. The number of nitrogens with one attached hydrogen (secondary N) is 1. The number of nitrogens with zero attached hydrogens (tertiary/aromatic N) is 2. The Bertz CT molecular complexity index is 632. The first-order valence-electron chi connectivity index (χ1n) is 7.85. The van der Waals surface area contributed by atoms with Crippen LogP contribution in [0.3, 0.4) is 0 Å². The number of esters is 1. The number of fused-ring (bicyclic) bond motifs is 1. The third-order valence-corrected chi connectivity index (χ3v) is 4.54. The Kier molecular flexibility index (Phi) is 4.96. The lowest BCUT2D eigenvalue weighted by Gasteiger charge is -2.43. The Morgan fingerprint density at radius 2 is 2.17 bits per heavy atom. The van der Waals surface area contributed by atoms with Gasteiger partial charge in [0, 0.05) is 30.1 Å². The molecule has 0 spiro atoms. The molecule has 0 aliphatic carbocycles. The van der Waals surface area contributed by atoms with Gasteiger partial charge < -0.3 is 15.0 Å². The lowest BCUT2D eigenvalue weighted by atomic mass is 9.77. The summed E-state index contributed by atoms with van der Waals surface area (Å²) in [6.07, 6.45) is 0.892. The van der Waals surface area contributed by atoms with Crippen molar-refractivity contribution in [3.63, 3.8) is 0 Å². The molecule has 1 aromatic rings. The number of carbonyl (C=O) groups is 1. The Hall–Kier alpha value is -2.06. The van der Waals surface area contributed by atoms with Crippen molar-refractivity contribution in [1.29, 1.82) is 5.26 Å². The molecule has 0 saturated carbocycles. The normalized spacial score (nSPS) is 20.4. The molecular formula is C18H25N3O2. The maximum Gasteiger partial charge on any atom is 0.302 e. The van der Waals surface area contributed by atoms with Crippen LogP contribution in [0.15, 0.2) is 18.2 Å². The fourth-order valence-corrected chi connectivity index (χ4v) is 3.03. The van der Waals surface area contributed by atoms with Crippen molar-refractivity contribution in [3.8, 4) is 6.07 Å². The molecule has 0 aromatic heterocycles. The van der Waals surface area contributed by atoms with Crippen LogP contribution in [0.1, 0.15) is 44.4 Å². The molecule has 0 saturated heterocycles. The number of anilines is 1. The summed E-state index contributed by atoms with van der Waals surface area (Å²) in [5.74, 6) is -0.253. The third kappa shape index (κ3) is 3.83. The van der Waals surface area contributed by atoms with Crippen LogP contribution in [-0.2, 0) is 9.53 Å². The first-order chi connectivity index (χ1) is 10.7. The number of rotatable bonds is 4. The Labute approximate surface area is 138 Å². The molecule has 0 bridgehead atoms. The molecule has 23 heavy (non-hydrogen) atoms. The molecule has 1 heterocycles. The topological polar surface area (TPSA) is 65.4 Å². The van der Waals surface area contributed by atoms with Gasteiger partial charge in [-0.3, -0.25) is 4.79 Å².